The summed E-state index contributed by atoms with van der Waals surface area (Å²) in [5.74, 6) is -0.960. The van der Waals surface area contributed by atoms with Crippen LogP contribution in [-0.4, -0.2) is 37.9 Å². The molecule has 0 aliphatic carbocycles. The van der Waals surface area contributed by atoms with Crippen LogP contribution in [0.1, 0.15) is 6.42 Å². The van der Waals surface area contributed by atoms with Gasteiger partial charge in [-0.3, -0.25) is 9.27 Å². The fourth-order valence-corrected chi connectivity index (χ4v) is 3.47. The van der Waals surface area contributed by atoms with E-state index in [0.717, 1.165) is 11.3 Å². The fourth-order valence-electron chi connectivity index (χ4n) is 0.889. The lowest BCUT2D eigenvalue weighted by molar-refractivity contribution is 0.482. The lowest BCUT2D eigenvalue weighted by atomic mass is 10.6. The molecule has 0 aliphatic rings. The minimum absolute atomic E-state index is 0.167. The summed E-state index contributed by atoms with van der Waals surface area (Å²) in [6.45, 7) is 0. The van der Waals surface area contributed by atoms with Gasteiger partial charge in [0.15, 0.2) is 5.13 Å². The van der Waals surface area contributed by atoms with Crippen LogP contribution in [0.5, 0.6) is 0 Å². The second-order valence-electron chi connectivity index (χ2n) is 2.90. The summed E-state index contributed by atoms with van der Waals surface area (Å²) in [4.78, 5) is 3.72. The van der Waals surface area contributed by atoms with E-state index in [9.17, 15) is 16.8 Å². The molecule has 0 atom stereocenters. The predicted molar refractivity (Wildman–Crippen MR) is 60.6 cm³/mol. The third-order valence-electron chi connectivity index (χ3n) is 1.49. The van der Waals surface area contributed by atoms with Crippen molar-refractivity contribution in [1.29, 1.82) is 0 Å². The Balaban J connectivity index is 2.47. The van der Waals surface area contributed by atoms with Crippen molar-refractivity contribution in [2.45, 2.75) is 6.42 Å². The number of rotatable bonds is 6. The molecule has 0 bridgehead atoms. The number of anilines is 1. The summed E-state index contributed by atoms with van der Waals surface area (Å²) >= 11 is 1.12. The first-order valence-electron chi connectivity index (χ1n) is 4.14. The van der Waals surface area contributed by atoms with Gasteiger partial charge in [-0.05, 0) is 6.42 Å². The molecule has 0 saturated heterocycles. The van der Waals surface area contributed by atoms with Crippen molar-refractivity contribution in [2.24, 2.45) is 0 Å². The van der Waals surface area contributed by atoms with Gasteiger partial charge in [-0.15, -0.1) is 11.3 Å². The maximum absolute atomic E-state index is 11.4. The number of aromatic nitrogens is 1. The Labute approximate surface area is 97.3 Å². The molecule has 1 rings (SSSR count). The van der Waals surface area contributed by atoms with Crippen LogP contribution in [0.25, 0.3) is 0 Å². The first-order chi connectivity index (χ1) is 7.29. The van der Waals surface area contributed by atoms with Crippen LogP contribution in [0.2, 0.25) is 0 Å². The van der Waals surface area contributed by atoms with E-state index in [1.54, 1.807) is 5.38 Å². The van der Waals surface area contributed by atoms with Crippen LogP contribution in [0.15, 0.2) is 11.6 Å². The molecule has 10 heteroatoms. The Morgan fingerprint density at radius 3 is 2.50 bits per heavy atom. The molecule has 0 spiro atoms. The van der Waals surface area contributed by atoms with Gasteiger partial charge in [-0.1, -0.05) is 0 Å². The monoisotopic (exact) mass is 286 g/mol. The molecule has 0 amide bonds. The van der Waals surface area contributed by atoms with Crippen molar-refractivity contribution < 1.29 is 21.4 Å². The van der Waals surface area contributed by atoms with Crippen molar-refractivity contribution in [3.05, 3.63) is 11.6 Å². The maximum atomic E-state index is 11.4. The van der Waals surface area contributed by atoms with Crippen LogP contribution < -0.4 is 4.72 Å². The number of thiazole rings is 1. The largest absolute Gasteiger partial charge is 0.286 e. The standard InChI is InChI=1S/C6H10N2O5S3/c9-15(10,4-1-5-16(11,12)13)8-6-7-2-3-14-6/h2-3H,1,4-5H2,(H,7,8)(H,11,12,13). The third-order valence-corrected chi connectivity index (χ3v) is 4.44. The van der Waals surface area contributed by atoms with Crippen molar-refractivity contribution in [2.75, 3.05) is 16.2 Å². The Morgan fingerprint density at radius 2 is 2.00 bits per heavy atom. The topological polar surface area (TPSA) is 113 Å². The number of nitrogens with one attached hydrogen (secondary N) is 1. The van der Waals surface area contributed by atoms with E-state index in [4.69, 9.17) is 4.55 Å². The van der Waals surface area contributed by atoms with Gasteiger partial charge in [0.1, 0.15) is 0 Å². The van der Waals surface area contributed by atoms with E-state index >= 15 is 0 Å². The molecule has 0 fully saturated rings. The van der Waals surface area contributed by atoms with Crippen molar-refractivity contribution >= 4 is 36.6 Å². The molecule has 2 N–H and O–H groups in total. The molecule has 0 aliphatic heterocycles. The smallest absolute Gasteiger partial charge is 0.264 e. The summed E-state index contributed by atoms with van der Waals surface area (Å²) in [7, 11) is -7.72. The van der Waals surface area contributed by atoms with Gasteiger partial charge in [0.05, 0.1) is 11.5 Å². The van der Waals surface area contributed by atoms with Crippen molar-refractivity contribution in [1.82, 2.24) is 4.98 Å². The third kappa shape index (κ3) is 5.39. The molecule has 7 nitrogen and oxygen atoms in total. The van der Waals surface area contributed by atoms with Crippen LogP contribution in [-0.2, 0) is 20.1 Å². The zero-order valence-corrected chi connectivity index (χ0v) is 10.5. The Hall–Kier alpha value is -0.710. The summed E-state index contributed by atoms with van der Waals surface area (Å²) < 4.78 is 54.1. The Bertz CT molecular complexity index is 519. The van der Waals surface area contributed by atoms with Crippen LogP contribution in [0.3, 0.4) is 0 Å². The molecule has 16 heavy (non-hydrogen) atoms. The lowest BCUT2D eigenvalue weighted by Crippen LogP contribution is -2.18. The normalized spacial score (nSPS) is 12.6. The maximum Gasteiger partial charge on any atom is 0.264 e. The molecular formula is C6H10N2O5S3. The summed E-state index contributed by atoms with van der Waals surface area (Å²) in [5.41, 5.74) is 0. The second-order valence-corrected chi connectivity index (χ2v) is 7.21. The summed E-state index contributed by atoms with van der Waals surface area (Å²) in [5, 5.41) is 1.84. The van der Waals surface area contributed by atoms with Crippen molar-refractivity contribution in [3.8, 4) is 0 Å². The van der Waals surface area contributed by atoms with E-state index < -0.39 is 25.9 Å². The van der Waals surface area contributed by atoms with Crippen LogP contribution >= 0.6 is 11.3 Å². The van der Waals surface area contributed by atoms with E-state index in [-0.39, 0.29) is 17.3 Å². The summed E-state index contributed by atoms with van der Waals surface area (Å²) in [6.07, 6.45) is 1.28. The lowest BCUT2D eigenvalue weighted by Gasteiger charge is -2.03. The van der Waals surface area contributed by atoms with Gasteiger partial charge < -0.3 is 0 Å². The molecule has 1 heterocycles. The Morgan fingerprint density at radius 1 is 1.31 bits per heavy atom. The van der Waals surface area contributed by atoms with Gasteiger partial charge in [0.2, 0.25) is 10.0 Å². The average Bonchev–Trinajstić information content (AvgIpc) is 2.52. The molecule has 0 unspecified atom stereocenters. The fraction of sp³-hybridized carbons (Fsp3) is 0.500. The average molecular weight is 286 g/mol. The zero-order chi connectivity index (χ0) is 12.2. The highest BCUT2D eigenvalue weighted by Crippen LogP contribution is 2.12. The Kier molecular flexibility index (Phi) is 4.24. The molecule has 1 aromatic rings. The molecule has 0 aromatic carbocycles. The molecule has 0 saturated carbocycles. The number of sulfonamides is 1. The van der Waals surface area contributed by atoms with Gasteiger partial charge >= 0.3 is 0 Å². The predicted octanol–water partition coefficient (Wildman–Crippen LogP) is 0.163. The SMILES string of the molecule is O=S(=O)(O)CCCS(=O)(=O)Nc1nccs1. The highest BCUT2D eigenvalue weighted by molar-refractivity contribution is 7.93. The molecular weight excluding hydrogens is 276 g/mol. The minimum atomic E-state index is -4.11. The minimum Gasteiger partial charge on any atom is -0.286 e. The van der Waals surface area contributed by atoms with Crippen LogP contribution in [0, 0.1) is 0 Å². The van der Waals surface area contributed by atoms with E-state index in [0.29, 0.717) is 0 Å². The number of hydrogen-bond acceptors (Lipinski definition) is 6. The molecule has 1 aromatic heterocycles. The highest BCUT2D eigenvalue weighted by Gasteiger charge is 2.14. The zero-order valence-electron chi connectivity index (χ0n) is 8.03. The first-order valence-corrected chi connectivity index (χ1v) is 8.28. The first kappa shape index (κ1) is 13.4. The van der Waals surface area contributed by atoms with Gasteiger partial charge in [0.25, 0.3) is 10.1 Å². The van der Waals surface area contributed by atoms with E-state index in [2.05, 4.69) is 9.71 Å². The molecule has 0 radical (unpaired) electrons. The van der Waals surface area contributed by atoms with E-state index in [1.807, 2.05) is 0 Å². The van der Waals surface area contributed by atoms with Gasteiger partial charge in [-0.25, -0.2) is 13.4 Å². The van der Waals surface area contributed by atoms with Gasteiger partial charge in [-0.2, -0.15) is 8.42 Å². The number of nitrogens with zero attached hydrogens (tertiary/aromatic N) is 1. The summed E-state index contributed by atoms with van der Waals surface area (Å²) in [6, 6.07) is 0. The highest BCUT2D eigenvalue weighted by atomic mass is 32.2. The molecule has 92 valence electrons. The quantitative estimate of drug-likeness (QED) is 0.720. The van der Waals surface area contributed by atoms with E-state index in [1.165, 1.54) is 6.20 Å². The van der Waals surface area contributed by atoms with Crippen molar-refractivity contribution in [3.63, 3.8) is 0 Å². The number of hydrogen-bond donors (Lipinski definition) is 2. The van der Waals surface area contributed by atoms with Gasteiger partial charge in [0, 0.05) is 11.6 Å². The second kappa shape index (κ2) is 5.08. The van der Waals surface area contributed by atoms with Crippen LogP contribution in [0.4, 0.5) is 5.13 Å².